The van der Waals surface area contributed by atoms with E-state index in [2.05, 4.69) is 10.6 Å². The molecule has 20 nitrogen and oxygen atoms in total. The molecule has 12 N–H and O–H groups in total. The van der Waals surface area contributed by atoms with Crippen LogP contribution in [0.4, 0.5) is 0 Å². The Morgan fingerprint density at radius 2 is 1.07 bits per heavy atom. The van der Waals surface area contributed by atoms with Gasteiger partial charge >= 0.3 is 0 Å². The van der Waals surface area contributed by atoms with Crippen molar-refractivity contribution in [3.8, 4) is 0 Å². The van der Waals surface area contributed by atoms with Crippen molar-refractivity contribution in [1.29, 1.82) is 0 Å². The van der Waals surface area contributed by atoms with Gasteiger partial charge in [-0.3, -0.25) is 9.59 Å². The van der Waals surface area contributed by atoms with Crippen molar-refractivity contribution in [2.45, 2.75) is 112 Å². The first-order valence-electron chi connectivity index (χ1n) is 14.2. The molecule has 3 saturated heterocycles. The van der Waals surface area contributed by atoms with E-state index in [0.29, 0.717) is 0 Å². The summed E-state index contributed by atoms with van der Waals surface area (Å²) in [5.41, 5.74) is 0. The number of amides is 2. The van der Waals surface area contributed by atoms with Crippen molar-refractivity contribution in [1.82, 2.24) is 10.6 Å². The molecule has 262 valence electrons. The number of ether oxygens (including phenoxy) is 6. The minimum absolute atomic E-state index is 0.500. The summed E-state index contributed by atoms with van der Waals surface area (Å²) in [4.78, 5) is 24.4. The molecule has 16 atom stereocenters. The molecule has 3 rings (SSSR count). The average Bonchev–Trinajstić information content (AvgIpc) is 3.00. The van der Waals surface area contributed by atoms with Gasteiger partial charge in [-0.25, -0.2) is 0 Å². The summed E-state index contributed by atoms with van der Waals surface area (Å²) in [6, 6.07) is -2.90. The highest BCUT2D eigenvalue weighted by Crippen LogP contribution is 2.33. The summed E-state index contributed by atoms with van der Waals surface area (Å²) in [6.07, 6.45) is -22.8. The SMILES string of the molecule is CC(=O)N[C@H]1[C@@H](O[C@H]2[C@H](O)[C@@H](CO)O[C@@H](OCC(O)CO)[C@@H]2NC(C)=O)O[C@H](CO)[C@H](O)[C@@H]1O[C@@H]1O[C@H](CO)[C@H](O)[C@H](O)[C@H]1O. The van der Waals surface area contributed by atoms with Gasteiger partial charge in [0.1, 0.15) is 79.2 Å². The highest BCUT2D eigenvalue weighted by Gasteiger charge is 2.54. The van der Waals surface area contributed by atoms with Gasteiger partial charge in [-0.05, 0) is 0 Å². The van der Waals surface area contributed by atoms with Crippen LogP contribution in [0.3, 0.4) is 0 Å². The lowest BCUT2D eigenvalue weighted by Gasteiger charge is -2.50. The Morgan fingerprint density at radius 3 is 1.53 bits per heavy atom. The van der Waals surface area contributed by atoms with E-state index in [1.165, 1.54) is 0 Å². The Bertz CT molecular complexity index is 948. The van der Waals surface area contributed by atoms with Crippen LogP contribution in [0, 0.1) is 0 Å². The second kappa shape index (κ2) is 16.9. The van der Waals surface area contributed by atoms with Crippen LogP contribution in [0.5, 0.6) is 0 Å². The first kappa shape index (κ1) is 37.8. The average molecular weight is 661 g/mol. The second-order valence-electron chi connectivity index (χ2n) is 11.0. The van der Waals surface area contributed by atoms with Gasteiger partial charge in [-0.2, -0.15) is 0 Å². The molecule has 0 aromatic heterocycles. The number of hydrogen-bond acceptors (Lipinski definition) is 18. The molecule has 0 aromatic rings. The Hall–Kier alpha value is -1.70. The molecule has 0 aromatic carbocycles. The van der Waals surface area contributed by atoms with Crippen molar-refractivity contribution in [3.63, 3.8) is 0 Å². The quantitative estimate of drug-likeness (QED) is 0.0872. The van der Waals surface area contributed by atoms with Gasteiger partial charge in [-0.1, -0.05) is 0 Å². The molecule has 0 radical (unpaired) electrons. The molecule has 1 unspecified atom stereocenters. The van der Waals surface area contributed by atoms with E-state index in [1.54, 1.807) is 0 Å². The van der Waals surface area contributed by atoms with Crippen molar-refractivity contribution in [2.24, 2.45) is 0 Å². The first-order chi connectivity index (χ1) is 21.3. The van der Waals surface area contributed by atoms with Gasteiger partial charge in [-0.15, -0.1) is 0 Å². The van der Waals surface area contributed by atoms with Gasteiger partial charge in [0.15, 0.2) is 18.9 Å². The monoisotopic (exact) mass is 660 g/mol. The van der Waals surface area contributed by atoms with Crippen molar-refractivity contribution >= 4 is 11.8 Å². The molecule has 0 spiro atoms. The summed E-state index contributed by atoms with van der Waals surface area (Å²) in [6.45, 7) is -1.39. The third-order valence-electron chi connectivity index (χ3n) is 7.54. The van der Waals surface area contributed by atoms with Gasteiger partial charge < -0.3 is 90.1 Å². The fourth-order valence-electron chi connectivity index (χ4n) is 5.24. The molecule has 0 aliphatic carbocycles. The Labute approximate surface area is 257 Å². The largest absolute Gasteiger partial charge is 0.394 e. The smallest absolute Gasteiger partial charge is 0.217 e. The third kappa shape index (κ3) is 9.01. The molecule has 0 saturated carbocycles. The normalized spacial score (nSPS) is 43.0. The minimum Gasteiger partial charge on any atom is -0.394 e. The third-order valence-corrected chi connectivity index (χ3v) is 7.54. The molecule has 2 amide bonds. The molecule has 3 heterocycles. The molecular weight excluding hydrogens is 616 g/mol. The maximum absolute atomic E-state index is 12.3. The van der Waals surface area contributed by atoms with E-state index in [0.717, 1.165) is 13.8 Å². The van der Waals surface area contributed by atoms with E-state index in [9.17, 15) is 55.5 Å². The Balaban J connectivity index is 1.97. The van der Waals surface area contributed by atoms with Crippen LogP contribution in [-0.4, -0.2) is 194 Å². The Kier molecular flexibility index (Phi) is 14.2. The zero-order valence-corrected chi connectivity index (χ0v) is 24.5. The molecule has 3 aliphatic heterocycles. The van der Waals surface area contributed by atoms with Crippen LogP contribution in [0.2, 0.25) is 0 Å². The molecule has 0 bridgehead atoms. The predicted octanol–water partition coefficient (Wildman–Crippen LogP) is -7.91. The van der Waals surface area contributed by atoms with E-state index < -0.39 is 143 Å². The van der Waals surface area contributed by atoms with Crippen molar-refractivity contribution in [2.75, 3.05) is 33.0 Å². The first-order valence-corrected chi connectivity index (χ1v) is 14.2. The second-order valence-corrected chi connectivity index (χ2v) is 11.0. The number of rotatable bonds is 13. The molecule has 20 heteroatoms. The highest BCUT2D eigenvalue weighted by atomic mass is 16.7. The maximum Gasteiger partial charge on any atom is 0.217 e. The van der Waals surface area contributed by atoms with Crippen LogP contribution in [0.25, 0.3) is 0 Å². The van der Waals surface area contributed by atoms with Crippen molar-refractivity contribution in [3.05, 3.63) is 0 Å². The molecule has 45 heavy (non-hydrogen) atoms. The zero-order valence-electron chi connectivity index (χ0n) is 24.5. The summed E-state index contributed by atoms with van der Waals surface area (Å²) in [5, 5.41) is 106. The standard InChI is InChI=1S/C25H44N2O18/c1-8(32)26-14-21(17(36)12(5-30)41-23(14)40-7-10(34)3-28)44-24-15(27-9(2)33)22(18(37)13(6-31)42-24)45-25-20(39)19(38)16(35)11(4-29)43-25/h10-25,28-31,34-39H,3-7H2,1-2H3,(H,26,32)(H,27,33)/t10?,11-,12-,13-,14-,15-,16+,17-,18+,19+,20-,21-,22-,23-,24-,25+/m1/s1. The van der Waals surface area contributed by atoms with E-state index in [1.807, 2.05) is 0 Å². The molecule has 3 aliphatic rings. The number of hydrogen-bond donors (Lipinski definition) is 12. The highest BCUT2D eigenvalue weighted by molar-refractivity contribution is 5.73. The summed E-state index contributed by atoms with van der Waals surface area (Å²) < 4.78 is 34.0. The van der Waals surface area contributed by atoms with Gasteiger partial charge in [0.2, 0.25) is 11.8 Å². The lowest BCUT2D eigenvalue weighted by molar-refractivity contribution is -0.358. The number of carbonyl (C=O) groups is 2. The number of nitrogens with one attached hydrogen (secondary N) is 2. The van der Waals surface area contributed by atoms with Gasteiger partial charge in [0.05, 0.1) is 33.0 Å². The van der Waals surface area contributed by atoms with Crippen LogP contribution in [-0.2, 0) is 38.0 Å². The van der Waals surface area contributed by atoms with E-state index in [4.69, 9.17) is 33.5 Å². The number of aliphatic hydroxyl groups is 10. The summed E-state index contributed by atoms with van der Waals surface area (Å²) >= 11 is 0. The maximum atomic E-state index is 12.3. The van der Waals surface area contributed by atoms with E-state index in [-0.39, 0.29) is 0 Å². The topological polar surface area (TPSA) is 316 Å². The predicted molar refractivity (Wildman–Crippen MR) is 141 cm³/mol. The Morgan fingerprint density at radius 1 is 0.644 bits per heavy atom. The van der Waals surface area contributed by atoms with Crippen LogP contribution in [0.15, 0.2) is 0 Å². The summed E-state index contributed by atoms with van der Waals surface area (Å²) in [7, 11) is 0. The fraction of sp³-hybridized carbons (Fsp3) is 0.920. The zero-order chi connectivity index (χ0) is 33.6. The molecular formula is C25H44N2O18. The summed E-state index contributed by atoms with van der Waals surface area (Å²) in [5.74, 6) is -1.37. The van der Waals surface area contributed by atoms with Gasteiger partial charge in [0, 0.05) is 13.8 Å². The lowest BCUT2D eigenvalue weighted by atomic mass is 9.93. The minimum atomic E-state index is -1.92. The number of carbonyl (C=O) groups excluding carboxylic acids is 2. The van der Waals surface area contributed by atoms with Crippen LogP contribution in [0.1, 0.15) is 13.8 Å². The number of aliphatic hydroxyl groups excluding tert-OH is 10. The van der Waals surface area contributed by atoms with Crippen LogP contribution < -0.4 is 10.6 Å². The molecule has 3 fully saturated rings. The van der Waals surface area contributed by atoms with Crippen LogP contribution >= 0.6 is 0 Å². The lowest BCUT2D eigenvalue weighted by Crippen LogP contribution is -2.71. The fourth-order valence-corrected chi connectivity index (χ4v) is 5.24. The van der Waals surface area contributed by atoms with Crippen molar-refractivity contribution < 1.29 is 89.1 Å². The van der Waals surface area contributed by atoms with E-state index >= 15 is 0 Å². The van der Waals surface area contributed by atoms with Gasteiger partial charge in [0.25, 0.3) is 0 Å².